The van der Waals surface area contributed by atoms with Crippen molar-refractivity contribution in [3.63, 3.8) is 0 Å². The Balaban J connectivity index is 0. The first-order valence-corrected chi connectivity index (χ1v) is 5.04. The fraction of sp³-hybridized carbons (Fsp3) is 1.00. The minimum Gasteiger partial charge on any atom is -0.379 e. The predicted molar refractivity (Wildman–Crippen MR) is 53.5 cm³/mol. The summed E-state index contributed by atoms with van der Waals surface area (Å²) in [5.74, 6) is 0. The zero-order chi connectivity index (χ0) is 9.82. The Kier molecular flexibility index (Phi) is 16.3. The largest absolute Gasteiger partial charge is 0.379 e. The van der Waals surface area contributed by atoms with Gasteiger partial charge in [0.2, 0.25) is 0 Å². The number of hydrogen-bond acceptors (Lipinski definition) is 2. The predicted octanol–water partition coefficient (Wildman–Crippen LogP) is 2.86. The van der Waals surface area contributed by atoms with E-state index in [0.29, 0.717) is 6.10 Å². The van der Waals surface area contributed by atoms with E-state index < -0.39 is 0 Å². The minimum absolute atomic E-state index is 0.365. The molecule has 1 heterocycles. The maximum absolute atomic E-state index is 5.15. The van der Waals surface area contributed by atoms with E-state index in [-0.39, 0.29) is 0 Å². The smallest absolute Gasteiger partial charge is 0.0805 e. The van der Waals surface area contributed by atoms with Gasteiger partial charge in [0.1, 0.15) is 0 Å². The molecule has 2 heteroatoms. The van der Waals surface area contributed by atoms with E-state index >= 15 is 0 Å². The van der Waals surface area contributed by atoms with Gasteiger partial charge in [0.25, 0.3) is 0 Å². The van der Waals surface area contributed by atoms with Crippen LogP contribution in [0.3, 0.4) is 0 Å². The van der Waals surface area contributed by atoms with Crippen molar-refractivity contribution in [3.05, 3.63) is 0 Å². The standard InChI is InChI=1S/C6H12O2.2C2H6/c1-7-6-3-2-4-8-5-6;2*1-2/h6H,2-5H2,1H3;2*1-2H3. The first kappa shape index (κ1) is 14.4. The van der Waals surface area contributed by atoms with Crippen molar-refractivity contribution in [3.8, 4) is 0 Å². The summed E-state index contributed by atoms with van der Waals surface area (Å²) in [7, 11) is 1.74. The molecule has 1 aliphatic rings. The molecule has 0 saturated carbocycles. The van der Waals surface area contributed by atoms with Gasteiger partial charge in [-0.3, -0.25) is 0 Å². The van der Waals surface area contributed by atoms with Crippen molar-refractivity contribution < 1.29 is 9.47 Å². The van der Waals surface area contributed by atoms with E-state index in [9.17, 15) is 0 Å². The number of rotatable bonds is 1. The molecule has 1 atom stereocenters. The second-order valence-electron chi connectivity index (χ2n) is 2.07. The SMILES string of the molecule is CC.CC.COC1CCCOC1. The lowest BCUT2D eigenvalue weighted by molar-refractivity contribution is -0.0291. The van der Waals surface area contributed by atoms with E-state index in [1.807, 2.05) is 27.7 Å². The Labute approximate surface area is 77.3 Å². The van der Waals surface area contributed by atoms with Crippen molar-refractivity contribution in [2.24, 2.45) is 0 Å². The van der Waals surface area contributed by atoms with Crippen LogP contribution in [0.25, 0.3) is 0 Å². The van der Waals surface area contributed by atoms with Crippen LogP contribution in [0.2, 0.25) is 0 Å². The normalized spacial score (nSPS) is 21.2. The lowest BCUT2D eigenvalue weighted by atomic mass is 10.2. The van der Waals surface area contributed by atoms with Gasteiger partial charge in [0.05, 0.1) is 12.7 Å². The third-order valence-corrected chi connectivity index (χ3v) is 1.45. The molecule has 76 valence electrons. The molecular weight excluding hydrogens is 152 g/mol. The van der Waals surface area contributed by atoms with Gasteiger partial charge in [-0.05, 0) is 12.8 Å². The molecule has 2 nitrogen and oxygen atoms in total. The fourth-order valence-corrected chi connectivity index (χ4v) is 0.897. The monoisotopic (exact) mass is 176 g/mol. The van der Waals surface area contributed by atoms with E-state index in [2.05, 4.69) is 0 Å². The van der Waals surface area contributed by atoms with Crippen LogP contribution in [0.4, 0.5) is 0 Å². The minimum atomic E-state index is 0.365. The Morgan fingerprint density at radius 1 is 1.17 bits per heavy atom. The molecule has 0 radical (unpaired) electrons. The summed E-state index contributed by atoms with van der Waals surface area (Å²) in [4.78, 5) is 0. The van der Waals surface area contributed by atoms with Crippen molar-refractivity contribution in [1.29, 1.82) is 0 Å². The summed E-state index contributed by atoms with van der Waals surface area (Å²) in [5.41, 5.74) is 0. The third-order valence-electron chi connectivity index (χ3n) is 1.45. The van der Waals surface area contributed by atoms with Gasteiger partial charge < -0.3 is 9.47 Å². The van der Waals surface area contributed by atoms with Crippen molar-refractivity contribution in [2.75, 3.05) is 20.3 Å². The Morgan fingerprint density at radius 2 is 1.75 bits per heavy atom. The molecule has 1 rings (SSSR count). The second kappa shape index (κ2) is 13.5. The number of ether oxygens (including phenoxy) is 2. The molecule has 0 aromatic rings. The molecule has 1 fully saturated rings. The Hall–Kier alpha value is -0.0800. The first-order chi connectivity index (χ1) is 5.93. The summed E-state index contributed by atoms with van der Waals surface area (Å²) >= 11 is 0. The van der Waals surface area contributed by atoms with Gasteiger partial charge in [-0.2, -0.15) is 0 Å². The highest BCUT2D eigenvalue weighted by molar-refractivity contribution is 4.60. The molecule has 1 saturated heterocycles. The van der Waals surface area contributed by atoms with E-state index in [4.69, 9.17) is 9.47 Å². The Bertz CT molecular complexity index is 58.9. The van der Waals surface area contributed by atoms with Crippen LogP contribution in [0.1, 0.15) is 40.5 Å². The zero-order valence-corrected chi connectivity index (χ0v) is 9.22. The molecule has 1 aliphatic heterocycles. The van der Waals surface area contributed by atoms with Crippen LogP contribution < -0.4 is 0 Å². The topological polar surface area (TPSA) is 18.5 Å². The number of hydrogen-bond donors (Lipinski definition) is 0. The molecular formula is C10H24O2. The molecule has 0 aromatic heterocycles. The van der Waals surface area contributed by atoms with Crippen LogP contribution in [0.5, 0.6) is 0 Å². The van der Waals surface area contributed by atoms with Crippen LogP contribution in [-0.4, -0.2) is 26.4 Å². The van der Waals surface area contributed by atoms with Crippen LogP contribution in [-0.2, 0) is 9.47 Å². The van der Waals surface area contributed by atoms with Gasteiger partial charge in [-0.15, -0.1) is 0 Å². The molecule has 0 bridgehead atoms. The van der Waals surface area contributed by atoms with Crippen LogP contribution in [0.15, 0.2) is 0 Å². The molecule has 0 N–H and O–H groups in total. The van der Waals surface area contributed by atoms with Crippen molar-refractivity contribution in [2.45, 2.75) is 46.6 Å². The summed E-state index contributed by atoms with van der Waals surface area (Å²) in [5, 5.41) is 0. The molecule has 0 spiro atoms. The van der Waals surface area contributed by atoms with Gasteiger partial charge in [0, 0.05) is 13.7 Å². The van der Waals surface area contributed by atoms with Crippen molar-refractivity contribution in [1.82, 2.24) is 0 Å². The Morgan fingerprint density at radius 3 is 2.00 bits per heavy atom. The van der Waals surface area contributed by atoms with Gasteiger partial charge >= 0.3 is 0 Å². The lowest BCUT2D eigenvalue weighted by Gasteiger charge is -2.19. The summed E-state index contributed by atoms with van der Waals surface area (Å²) in [6, 6.07) is 0. The number of methoxy groups -OCH3 is 1. The summed E-state index contributed by atoms with van der Waals surface area (Å²) < 4.78 is 10.2. The molecule has 12 heavy (non-hydrogen) atoms. The van der Waals surface area contributed by atoms with Crippen LogP contribution >= 0.6 is 0 Å². The van der Waals surface area contributed by atoms with Gasteiger partial charge in [0.15, 0.2) is 0 Å². The highest BCUT2D eigenvalue weighted by Gasteiger charge is 2.11. The zero-order valence-electron chi connectivity index (χ0n) is 9.22. The lowest BCUT2D eigenvalue weighted by Crippen LogP contribution is -2.23. The van der Waals surface area contributed by atoms with E-state index in [0.717, 1.165) is 26.1 Å². The fourth-order valence-electron chi connectivity index (χ4n) is 0.897. The van der Waals surface area contributed by atoms with Crippen molar-refractivity contribution >= 4 is 0 Å². The van der Waals surface area contributed by atoms with Gasteiger partial charge in [-0.25, -0.2) is 0 Å². The second-order valence-corrected chi connectivity index (χ2v) is 2.07. The van der Waals surface area contributed by atoms with Crippen LogP contribution in [0, 0.1) is 0 Å². The van der Waals surface area contributed by atoms with Gasteiger partial charge in [-0.1, -0.05) is 27.7 Å². The molecule has 0 amide bonds. The highest BCUT2D eigenvalue weighted by atomic mass is 16.5. The molecule has 0 aliphatic carbocycles. The first-order valence-electron chi connectivity index (χ1n) is 5.04. The maximum atomic E-state index is 5.15. The average Bonchev–Trinajstić information content (AvgIpc) is 2.25. The molecule has 1 unspecified atom stereocenters. The summed E-state index contributed by atoms with van der Waals surface area (Å²) in [6.45, 7) is 9.70. The maximum Gasteiger partial charge on any atom is 0.0805 e. The third kappa shape index (κ3) is 8.02. The summed E-state index contributed by atoms with van der Waals surface area (Å²) in [6.07, 6.45) is 2.68. The van der Waals surface area contributed by atoms with E-state index in [1.165, 1.54) is 0 Å². The molecule has 0 aromatic carbocycles. The quantitative estimate of drug-likeness (QED) is 0.611. The van der Waals surface area contributed by atoms with E-state index in [1.54, 1.807) is 7.11 Å². The average molecular weight is 176 g/mol. The highest BCUT2D eigenvalue weighted by Crippen LogP contribution is 2.07.